The smallest absolute Gasteiger partial charge is 0.230 e. The van der Waals surface area contributed by atoms with Crippen molar-refractivity contribution in [1.82, 2.24) is 10.3 Å². The molecule has 1 aromatic carbocycles. The molecule has 0 radical (unpaired) electrons. The number of thioether (sulfide) groups is 1. The molecule has 0 atom stereocenters. The fourth-order valence-corrected chi connectivity index (χ4v) is 3.06. The van der Waals surface area contributed by atoms with Crippen LogP contribution in [0.15, 0.2) is 42.7 Å². The molecular weight excluding hydrogens is 348 g/mol. The molecule has 0 unspecified atom stereocenters. The second-order valence-corrected chi connectivity index (χ2v) is 6.80. The van der Waals surface area contributed by atoms with Crippen LogP contribution in [0, 0.1) is 0 Å². The number of benzene rings is 1. The first-order valence-electron chi connectivity index (χ1n) is 8.76. The minimum absolute atomic E-state index is 0.0149. The zero-order valence-electron chi connectivity index (χ0n) is 15.4. The van der Waals surface area contributed by atoms with Crippen molar-refractivity contribution in [2.24, 2.45) is 0 Å². The van der Waals surface area contributed by atoms with E-state index in [1.807, 2.05) is 36.5 Å². The Morgan fingerprint density at radius 1 is 1.23 bits per heavy atom. The van der Waals surface area contributed by atoms with Gasteiger partial charge in [-0.15, -0.1) is 11.8 Å². The third kappa shape index (κ3) is 6.96. The Bertz CT molecular complexity index is 680. The summed E-state index contributed by atoms with van der Waals surface area (Å²) in [6.07, 6.45) is 5.67. The molecule has 0 aliphatic rings. The van der Waals surface area contributed by atoms with Gasteiger partial charge in [-0.25, -0.2) is 0 Å². The van der Waals surface area contributed by atoms with Crippen LogP contribution in [0.25, 0.3) is 0 Å². The monoisotopic (exact) mass is 374 g/mol. The lowest BCUT2D eigenvalue weighted by Crippen LogP contribution is -2.24. The normalized spacial score (nSPS) is 10.4. The fourth-order valence-electron chi connectivity index (χ4n) is 2.26. The van der Waals surface area contributed by atoms with Crippen molar-refractivity contribution in [3.63, 3.8) is 0 Å². The van der Waals surface area contributed by atoms with E-state index >= 15 is 0 Å². The van der Waals surface area contributed by atoms with E-state index in [1.54, 1.807) is 25.1 Å². The van der Waals surface area contributed by atoms with Gasteiger partial charge in [0.2, 0.25) is 5.91 Å². The standard InChI is InChI=1S/C20H26N2O3S/c1-3-4-10-25-18-8-7-16(11-19(18)24-2)13-22-20(23)15-26-14-17-6-5-9-21-12-17/h5-9,11-12H,3-4,10,13-15H2,1-2H3,(H,22,23). The number of carbonyl (C=O) groups is 1. The minimum atomic E-state index is 0.0149. The molecule has 0 saturated heterocycles. The van der Waals surface area contributed by atoms with Gasteiger partial charge in [-0.05, 0) is 35.7 Å². The molecule has 2 rings (SSSR count). The Labute approximate surface area is 159 Å². The van der Waals surface area contributed by atoms with Crippen molar-refractivity contribution < 1.29 is 14.3 Å². The SMILES string of the molecule is CCCCOc1ccc(CNC(=O)CSCc2cccnc2)cc1OC. The summed E-state index contributed by atoms with van der Waals surface area (Å²) in [5, 5.41) is 2.94. The summed E-state index contributed by atoms with van der Waals surface area (Å²) in [6, 6.07) is 9.66. The van der Waals surface area contributed by atoms with Gasteiger partial charge in [0.1, 0.15) is 0 Å². The highest BCUT2D eigenvalue weighted by Crippen LogP contribution is 2.28. The summed E-state index contributed by atoms with van der Waals surface area (Å²) < 4.78 is 11.1. The van der Waals surface area contributed by atoms with Crippen molar-refractivity contribution in [2.75, 3.05) is 19.5 Å². The highest BCUT2D eigenvalue weighted by molar-refractivity contribution is 7.99. The van der Waals surface area contributed by atoms with E-state index in [-0.39, 0.29) is 5.91 Å². The van der Waals surface area contributed by atoms with Crippen LogP contribution in [0.1, 0.15) is 30.9 Å². The Morgan fingerprint density at radius 3 is 2.85 bits per heavy atom. The summed E-state index contributed by atoms with van der Waals surface area (Å²) in [5.41, 5.74) is 2.10. The van der Waals surface area contributed by atoms with Gasteiger partial charge in [0.25, 0.3) is 0 Å². The van der Waals surface area contributed by atoms with Crippen molar-refractivity contribution in [3.05, 3.63) is 53.9 Å². The molecule has 5 nitrogen and oxygen atoms in total. The van der Waals surface area contributed by atoms with Gasteiger partial charge < -0.3 is 14.8 Å². The van der Waals surface area contributed by atoms with Crippen molar-refractivity contribution in [3.8, 4) is 11.5 Å². The van der Waals surface area contributed by atoms with Crippen LogP contribution in [0.4, 0.5) is 0 Å². The Balaban J connectivity index is 1.76. The van der Waals surface area contributed by atoms with Crippen LogP contribution < -0.4 is 14.8 Å². The molecule has 2 aromatic rings. The predicted octanol–water partition coefficient (Wildman–Crippen LogP) is 3.82. The molecule has 0 aliphatic carbocycles. The summed E-state index contributed by atoms with van der Waals surface area (Å²) in [4.78, 5) is 16.1. The first-order valence-corrected chi connectivity index (χ1v) is 9.91. The first kappa shape index (κ1) is 20.1. The van der Waals surface area contributed by atoms with E-state index in [0.717, 1.165) is 35.5 Å². The van der Waals surface area contributed by atoms with E-state index in [9.17, 15) is 4.79 Å². The molecule has 0 fully saturated rings. The minimum Gasteiger partial charge on any atom is -0.493 e. The molecule has 1 amide bonds. The number of carbonyl (C=O) groups excluding carboxylic acids is 1. The molecule has 140 valence electrons. The molecule has 0 saturated carbocycles. The third-order valence-corrected chi connectivity index (χ3v) is 4.70. The number of nitrogens with one attached hydrogen (secondary N) is 1. The number of rotatable bonds is 11. The van der Waals surface area contributed by atoms with Crippen LogP contribution in [-0.4, -0.2) is 30.4 Å². The second kappa shape index (κ2) is 11.4. The quantitative estimate of drug-likeness (QED) is 0.606. The molecule has 26 heavy (non-hydrogen) atoms. The van der Waals surface area contributed by atoms with Gasteiger partial charge in [-0.2, -0.15) is 0 Å². The maximum atomic E-state index is 12.0. The van der Waals surface area contributed by atoms with Gasteiger partial charge >= 0.3 is 0 Å². The number of ether oxygens (including phenoxy) is 2. The maximum Gasteiger partial charge on any atom is 0.230 e. The summed E-state index contributed by atoms with van der Waals surface area (Å²) >= 11 is 1.57. The van der Waals surface area contributed by atoms with Crippen LogP contribution in [0.5, 0.6) is 11.5 Å². The summed E-state index contributed by atoms with van der Waals surface area (Å²) in [6.45, 7) is 3.27. The number of amides is 1. The molecule has 1 N–H and O–H groups in total. The Morgan fingerprint density at radius 2 is 2.12 bits per heavy atom. The summed E-state index contributed by atoms with van der Waals surface area (Å²) in [5.74, 6) is 2.64. The van der Waals surface area contributed by atoms with E-state index in [4.69, 9.17) is 9.47 Å². The van der Waals surface area contributed by atoms with Gasteiger partial charge in [-0.3, -0.25) is 9.78 Å². The largest absolute Gasteiger partial charge is 0.493 e. The van der Waals surface area contributed by atoms with E-state index < -0.39 is 0 Å². The lowest BCUT2D eigenvalue weighted by atomic mass is 10.2. The van der Waals surface area contributed by atoms with Gasteiger partial charge in [0.05, 0.1) is 19.5 Å². The molecule has 0 bridgehead atoms. The number of pyridine rings is 1. The van der Waals surface area contributed by atoms with Crippen molar-refractivity contribution >= 4 is 17.7 Å². The molecular formula is C20H26N2O3S. The average molecular weight is 375 g/mol. The highest BCUT2D eigenvalue weighted by atomic mass is 32.2. The lowest BCUT2D eigenvalue weighted by Gasteiger charge is -2.12. The first-order chi connectivity index (χ1) is 12.7. The number of methoxy groups -OCH3 is 1. The molecule has 6 heteroatoms. The Kier molecular flexibility index (Phi) is 8.83. The topological polar surface area (TPSA) is 60.5 Å². The van der Waals surface area contributed by atoms with Gasteiger partial charge in [0, 0.05) is 24.7 Å². The second-order valence-electron chi connectivity index (χ2n) is 5.82. The zero-order valence-corrected chi connectivity index (χ0v) is 16.2. The van der Waals surface area contributed by atoms with Gasteiger partial charge in [0.15, 0.2) is 11.5 Å². The summed E-state index contributed by atoms with van der Waals surface area (Å²) in [7, 11) is 1.62. The number of nitrogens with zero attached hydrogens (tertiary/aromatic N) is 1. The van der Waals surface area contributed by atoms with Crippen molar-refractivity contribution in [2.45, 2.75) is 32.1 Å². The van der Waals surface area contributed by atoms with Crippen molar-refractivity contribution in [1.29, 1.82) is 0 Å². The van der Waals surface area contributed by atoms with Crippen LogP contribution >= 0.6 is 11.8 Å². The number of aromatic nitrogens is 1. The number of hydrogen-bond acceptors (Lipinski definition) is 5. The van der Waals surface area contributed by atoms with Crippen LogP contribution in [0.3, 0.4) is 0 Å². The molecule has 1 aromatic heterocycles. The number of unbranched alkanes of at least 4 members (excludes halogenated alkanes) is 1. The maximum absolute atomic E-state index is 12.0. The number of hydrogen-bond donors (Lipinski definition) is 1. The van der Waals surface area contributed by atoms with E-state index in [1.165, 1.54) is 0 Å². The van der Waals surface area contributed by atoms with Crippen LogP contribution in [0.2, 0.25) is 0 Å². The molecule has 0 aliphatic heterocycles. The highest BCUT2D eigenvalue weighted by Gasteiger charge is 2.07. The van der Waals surface area contributed by atoms with Gasteiger partial charge in [-0.1, -0.05) is 25.5 Å². The molecule has 1 heterocycles. The third-order valence-electron chi connectivity index (χ3n) is 3.70. The molecule has 0 spiro atoms. The average Bonchev–Trinajstić information content (AvgIpc) is 2.68. The zero-order chi connectivity index (χ0) is 18.6. The Hall–Kier alpha value is -2.21. The lowest BCUT2D eigenvalue weighted by molar-refractivity contribution is -0.118. The fraction of sp³-hybridized carbons (Fsp3) is 0.400. The van der Waals surface area contributed by atoms with E-state index in [2.05, 4.69) is 17.2 Å². The van der Waals surface area contributed by atoms with E-state index in [0.29, 0.717) is 24.7 Å². The van der Waals surface area contributed by atoms with Crippen LogP contribution in [-0.2, 0) is 17.1 Å². The predicted molar refractivity (Wildman–Crippen MR) is 106 cm³/mol.